The highest BCUT2D eigenvalue weighted by atomic mass is 16.5. The van der Waals surface area contributed by atoms with Gasteiger partial charge in [-0.3, -0.25) is 4.79 Å². The minimum Gasteiger partial charge on any atom is -0.457 e. The maximum Gasteiger partial charge on any atom is 0.228 e. The molecule has 0 radical (unpaired) electrons. The predicted octanol–water partition coefficient (Wildman–Crippen LogP) is 3.36. The Kier molecular flexibility index (Phi) is 3.57. The lowest BCUT2D eigenvalue weighted by Gasteiger charge is -2.16. The molecule has 1 amide bonds. The van der Waals surface area contributed by atoms with Gasteiger partial charge in [0.25, 0.3) is 0 Å². The molecule has 3 rings (SSSR count). The lowest BCUT2D eigenvalue weighted by Crippen LogP contribution is -2.24. The lowest BCUT2D eigenvalue weighted by molar-refractivity contribution is -0.117. The standard InChI is InChI=1S/C17H14N2O2/c18-11-13-10-17(20)19(12-13)14-6-8-16(9-7-14)21-15-4-2-1-3-5-15/h1-9,13H,10,12H2. The first kappa shape index (κ1) is 13.2. The summed E-state index contributed by atoms with van der Waals surface area (Å²) in [5, 5.41) is 8.91. The largest absolute Gasteiger partial charge is 0.457 e. The van der Waals surface area contributed by atoms with E-state index in [2.05, 4.69) is 6.07 Å². The molecule has 2 aromatic rings. The number of anilines is 1. The normalized spacial score (nSPS) is 17.6. The third-order valence-corrected chi connectivity index (χ3v) is 3.43. The van der Waals surface area contributed by atoms with Crippen molar-refractivity contribution >= 4 is 11.6 Å². The minimum absolute atomic E-state index is 0.00159. The Morgan fingerprint density at radius 1 is 1.05 bits per heavy atom. The first-order valence-corrected chi connectivity index (χ1v) is 6.79. The Balaban J connectivity index is 1.73. The van der Waals surface area contributed by atoms with Crippen LogP contribution in [0.4, 0.5) is 5.69 Å². The van der Waals surface area contributed by atoms with E-state index in [0.717, 1.165) is 11.4 Å². The average Bonchev–Trinajstić information content (AvgIpc) is 2.90. The fraction of sp³-hybridized carbons (Fsp3) is 0.176. The molecular formula is C17H14N2O2. The smallest absolute Gasteiger partial charge is 0.228 e. The molecular weight excluding hydrogens is 264 g/mol. The SMILES string of the molecule is N#CC1CC(=O)N(c2ccc(Oc3ccccc3)cc2)C1. The third-order valence-electron chi connectivity index (χ3n) is 3.43. The van der Waals surface area contributed by atoms with E-state index in [0.29, 0.717) is 18.7 Å². The summed E-state index contributed by atoms with van der Waals surface area (Å²) in [5.41, 5.74) is 0.804. The van der Waals surface area contributed by atoms with Crippen LogP contribution >= 0.6 is 0 Å². The highest BCUT2D eigenvalue weighted by Gasteiger charge is 2.30. The van der Waals surface area contributed by atoms with Gasteiger partial charge in [-0.05, 0) is 36.4 Å². The highest BCUT2D eigenvalue weighted by Crippen LogP contribution is 2.28. The van der Waals surface area contributed by atoms with E-state index in [1.54, 1.807) is 4.90 Å². The summed E-state index contributed by atoms with van der Waals surface area (Å²) in [6.45, 7) is 0.466. The highest BCUT2D eigenvalue weighted by molar-refractivity contribution is 5.96. The summed E-state index contributed by atoms with van der Waals surface area (Å²) in [5.74, 6) is 1.27. The summed E-state index contributed by atoms with van der Waals surface area (Å²) >= 11 is 0. The quantitative estimate of drug-likeness (QED) is 0.865. The molecule has 1 aliphatic rings. The maximum atomic E-state index is 11.9. The number of rotatable bonds is 3. The van der Waals surface area contributed by atoms with Gasteiger partial charge in [0.1, 0.15) is 11.5 Å². The zero-order valence-electron chi connectivity index (χ0n) is 11.4. The van der Waals surface area contributed by atoms with Crippen LogP contribution in [-0.4, -0.2) is 12.5 Å². The molecule has 0 spiro atoms. The van der Waals surface area contributed by atoms with Crippen molar-refractivity contribution in [1.29, 1.82) is 5.26 Å². The summed E-state index contributed by atoms with van der Waals surface area (Å²) in [7, 11) is 0. The Labute approximate surface area is 123 Å². The monoisotopic (exact) mass is 278 g/mol. The molecule has 104 valence electrons. The van der Waals surface area contributed by atoms with E-state index in [-0.39, 0.29) is 11.8 Å². The number of hydrogen-bond acceptors (Lipinski definition) is 3. The summed E-state index contributed by atoms with van der Waals surface area (Å²) in [4.78, 5) is 13.5. The van der Waals surface area contributed by atoms with Crippen LogP contribution in [-0.2, 0) is 4.79 Å². The molecule has 4 nitrogen and oxygen atoms in total. The molecule has 2 aromatic carbocycles. The van der Waals surface area contributed by atoms with Crippen molar-refractivity contribution in [2.75, 3.05) is 11.4 Å². The van der Waals surface area contributed by atoms with Gasteiger partial charge in [-0.2, -0.15) is 5.26 Å². The van der Waals surface area contributed by atoms with Crippen molar-refractivity contribution in [3.8, 4) is 17.6 Å². The van der Waals surface area contributed by atoms with E-state index in [4.69, 9.17) is 10.00 Å². The second kappa shape index (κ2) is 5.68. The topological polar surface area (TPSA) is 53.3 Å². The molecule has 0 N–H and O–H groups in total. The summed E-state index contributed by atoms with van der Waals surface area (Å²) in [6, 6.07) is 19.0. The number of hydrogen-bond donors (Lipinski definition) is 0. The second-order valence-electron chi connectivity index (χ2n) is 4.94. The Morgan fingerprint density at radius 3 is 2.33 bits per heavy atom. The van der Waals surface area contributed by atoms with E-state index in [1.165, 1.54) is 0 Å². The van der Waals surface area contributed by atoms with Crippen LogP contribution in [0.5, 0.6) is 11.5 Å². The fourth-order valence-electron chi connectivity index (χ4n) is 2.36. The van der Waals surface area contributed by atoms with E-state index in [1.807, 2.05) is 54.6 Å². The molecule has 1 saturated heterocycles. The van der Waals surface area contributed by atoms with E-state index in [9.17, 15) is 4.79 Å². The molecule has 0 bridgehead atoms. The molecule has 1 heterocycles. The predicted molar refractivity (Wildman–Crippen MR) is 79.0 cm³/mol. The van der Waals surface area contributed by atoms with Crippen LogP contribution in [0.15, 0.2) is 54.6 Å². The van der Waals surface area contributed by atoms with Gasteiger partial charge in [-0.1, -0.05) is 18.2 Å². The number of carbonyl (C=O) groups is 1. The molecule has 1 atom stereocenters. The first-order chi connectivity index (χ1) is 10.3. The van der Waals surface area contributed by atoms with E-state index < -0.39 is 0 Å². The van der Waals surface area contributed by atoms with Gasteiger partial charge in [0, 0.05) is 18.7 Å². The number of ether oxygens (including phenoxy) is 1. The van der Waals surface area contributed by atoms with Gasteiger partial charge in [0.15, 0.2) is 0 Å². The third kappa shape index (κ3) is 2.87. The van der Waals surface area contributed by atoms with E-state index >= 15 is 0 Å². The van der Waals surface area contributed by atoms with Gasteiger partial charge in [-0.25, -0.2) is 0 Å². The van der Waals surface area contributed by atoms with Crippen LogP contribution in [0, 0.1) is 17.2 Å². The van der Waals surface area contributed by atoms with Crippen LogP contribution in [0.25, 0.3) is 0 Å². The molecule has 21 heavy (non-hydrogen) atoms. The number of benzene rings is 2. The zero-order chi connectivity index (χ0) is 14.7. The van der Waals surface area contributed by atoms with Crippen molar-refractivity contribution in [2.45, 2.75) is 6.42 Å². The molecule has 1 unspecified atom stereocenters. The number of amides is 1. The van der Waals surface area contributed by atoms with Crippen LogP contribution in [0.2, 0.25) is 0 Å². The zero-order valence-corrected chi connectivity index (χ0v) is 11.4. The lowest BCUT2D eigenvalue weighted by atomic mass is 10.1. The Bertz CT molecular complexity index is 674. The van der Waals surface area contributed by atoms with Crippen LogP contribution in [0.3, 0.4) is 0 Å². The maximum absolute atomic E-state index is 11.9. The van der Waals surface area contributed by atoms with Crippen LogP contribution in [0.1, 0.15) is 6.42 Å². The van der Waals surface area contributed by atoms with Crippen LogP contribution < -0.4 is 9.64 Å². The number of nitrogens with zero attached hydrogens (tertiary/aromatic N) is 2. The summed E-state index contributed by atoms with van der Waals surface area (Å²) in [6.07, 6.45) is 0.304. The van der Waals surface area contributed by atoms with Crippen molar-refractivity contribution in [3.05, 3.63) is 54.6 Å². The summed E-state index contributed by atoms with van der Waals surface area (Å²) < 4.78 is 5.71. The first-order valence-electron chi connectivity index (χ1n) is 6.79. The second-order valence-corrected chi connectivity index (χ2v) is 4.94. The van der Waals surface area contributed by atoms with Gasteiger partial charge in [0.2, 0.25) is 5.91 Å². The molecule has 4 heteroatoms. The van der Waals surface area contributed by atoms with Crippen molar-refractivity contribution in [1.82, 2.24) is 0 Å². The number of carbonyl (C=O) groups excluding carboxylic acids is 1. The van der Waals surface area contributed by atoms with Gasteiger partial charge >= 0.3 is 0 Å². The van der Waals surface area contributed by atoms with Gasteiger partial charge in [0.05, 0.1) is 12.0 Å². The van der Waals surface area contributed by atoms with Gasteiger partial charge < -0.3 is 9.64 Å². The van der Waals surface area contributed by atoms with Crippen molar-refractivity contribution in [2.24, 2.45) is 5.92 Å². The fourth-order valence-corrected chi connectivity index (χ4v) is 2.36. The molecule has 0 saturated carbocycles. The molecule has 0 aromatic heterocycles. The molecule has 1 aliphatic heterocycles. The minimum atomic E-state index is -0.210. The Morgan fingerprint density at radius 2 is 1.71 bits per heavy atom. The number of para-hydroxylation sites is 1. The Hall–Kier alpha value is -2.80. The van der Waals surface area contributed by atoms with Gasteiger partial charge in [-0.15, -0.1) is 0 Å². The molecule has 0 aliphatic carbocycles. The average molecular weight is 278 g/mol. The van der Waals surface area contributed by atoms with Crippen molar-refractivity contribution < 1.29 is 9.53 Å². The van der Waals surface area contributed by atoms with Crippen molar-refractivity contribution in [3.63, 3.8) is 0 Å². The number of nitriles is 1. The molecule has 1 fully saturated rings.